The summed E-state index contributed by atoms with van der Waals surface area (Å²) in [4.78, 5) is 8.19. The Morgan fingerprint density at radius 2 is 2.32 bits per heavy atom. The van der Waals surface area contributed by atoms with Gasteiger partial charge in [-0.05, 0) is 19.1 Å². The van der Waals surface area contributed by atoms with E-state index in [2.05, 4.69) is 33.1 Å². The molecular weight excluding hydrogens is 245 g/mol. The van der Waals surface area contributed by atoms with Crippen molar-refractivity contribution in [3.8, 4) is 0 Å². The summed E-state index contributed by atoms with van der Waals surface area (Å²) in [5.41, 5.74) is 6.65. The molecule has 1 aliphatic rings. The lowest BCUT2D eigenvalue weighted by atomic mass is 10.0. The van der Waals surface area contributed by atoms with Crippen LogP contribution >= 0.6 is 0 Å². The number of aromatic nitrogens is 2. The number of fused-ring (bicyclic) bond motifs is 1. The minimum Gasteiger partial charge on any atom is -0.369 e. The Hall–Kier alpha value is -1.79. The first kappa shape index (κ1) is 12.3. The fraction of sp³-hybridized carbons (Fsp3) is 0.385. The van der Waals surface area contributed by atoms with Crippen molar-refractivity contribution in [3.63, 3.8) is 0 Å². The van der Waals surface area contributed by atoms with Crippen molar-refractivity contribution in [2.24, 2.45) is 5.92 Å². The maximum atomic E-state index is 13.6. The van der Waals surface area contributed by atoms with E-state index in [1.165, 1.54) is 12.4 Å². The molecule has 2 aromatic rings. The van der Waals surface area contributed by atoms with Gasteiger partial charge in [-0.2, -0.15) is 0 Å². The monoisotopic (exact) mass is 261 g/mol. The number of hydrogen-bond donors (Lipinski definition) is 3. The summed E-state index contributed by atoms with van der Waals surface area (Å²) >= 11 is 0. The van der Waals surface area contributed by atoms with Crippen molar-refractivity contribution in [2.45, 2.75) is 13.0 Å². The van der Waals surface area contributed by atoms with Gasteiger partial charge < -0.3 is 5.32 Å². The van der Waals surface area contributed by atoms with Crippen LogP contribution in [0.4, 0.5) is 10.2 Å². The molecule has 1 saturated heterocycles. The summed E-state index contributed by atoms with van der Waals surface area (Å²) in [6, 6.07) is 5.31. The van der Waals surface area contributed by atoms with E-state index in [1.54, 1.807) is 6.07 Å². The van der Waals surface area contributed by atoms with E-state index in [-0.39, 0.29) is 5.82 Å². The van der Waals surface area contributed by atoms with Crippen LogP contribution < -0.4 is 16.2 Å². The molecule has 1 fully saturated rings. The third kappa shape index (κ3) is 2.36. The van der Waals surface area contributed by atoms with Gasteiger partial charge in [-0.1, -0.05) is 6.07 Å². The van der Waals surface area contributed by atoms with Gasteiger partial charge in [-0.15, -0.1) is 0 Å². The molecule has 6 heteroatoms. The van der Waals surface area contributed by atoms with Crippen LogP contribution in [-0.2, 0) is 0 Å². The number of anilines is 1. The number of nitrogens with one attached hydrogen (secondary N) is 3. The maximum Gasteiger partial charge on any atom is 0.149 e. The van der Waals surface area contributed by atoms with Gasteiger partial charge in [0.05, 0.1) is 0 Å². The second kappa shape index (κ2) is 5.07. The number of hydrazine groups is 1. The van der Waals surface area contributed by atoms with Gasteiger partial charge in [0, 0.05) is 30.4 Å². The first-order valence-corrected chi connectivity index (χ1v) is 6.37. The van der Waals surface area contributed by atoms with Crippen LogP contribution in [0, 0.1) is 11.7 Å². The smallest absolute Gasteiger partial charge is 0.149 e. The number of benzene rings is 1. The van der Waals surface area contributed by atoms with Crippen LogP contribution in [0.5, 0.6) is 0 Å². The Labute approximate surface area is 110 Å². The van der Waals surface area contributed by atoms with E-state index in [0.717, 1.165) is 13.1 Å². The topological polar surface area (TPSA) is 61.9 Å². The molecule has 3 N–H and O–H groups in total. The lowest BCUT2D eigenvalue weighted by molar-refractivity contribution is 0.508. The highest BCUT2D eigenvalue weighted by atomic mass is 19.1. The standard InChI is InChI=1S/C13H16FN5/c1-8-9(6-18-19-8)5-15-13-10-3-2-4-11(14)12(10)16-7-17-13/h2-4,7-9,18-19H,5-6H2,1H3,(H,15,16,17). The molecule has 0 radical (unpaired) electrons. The number of nitrogens with zero attached hydrogens (tertiary/aromatic N) is 2. The summed E-state index contributed by atoms with van der Waals surface area (Å²) in [5, 5.41) is 4.01. The van der Waals surface area contributed by atoms with Crippen LogP contribution in [0.25, 0.3) is 10.9 Å². The third-order valence-electron chi connectivity index (χ3n) is 3.55. The largest absolute Gasteiger partial charge is 0.369 e. The molecule has 1 aromatic carbocycles. The molecule has 1 aliphatic heterocycles. The van der Waals surface area contributed by atoms with Crippen molar-refractivity contribution in [1.82, 2.24) is 20.8 Å². The number of rotatable bonds is 3. The number of halogens is 1. The molecule has 0 saturated carbocycles. The predicted octanol–water partition coefficient (Wildman–Crippen LogP) is 1.29. The Kier molecular flexibility index (Phi) is 3.27. The second-order valence-electron chi connectivity index (χ2n) is 4.81. The minimum absolute atomic E-state index is 0.319. The zero-order valence-corrected chi connectivity index (χ0v) is 10.7. The predicted molar refractivity (Wildman–Crippen MR) is 72.1 cm³/mol. The van der Waals surface area contributed by atoms with Crippen molar-refractivity contribution in [2.75, 3.05) is 18.4 Å². The highest BCUT2D eigenvalue weighted by molar-refractivity contribution is 5.89. The Bertz CT molecular complexity index is 588. The first-order chi connectivity index (χ1) is 9.25. The van der Waals surface area contributed by atoms with Gasteiger partial charge >= 0.3 is 0 Å². The molecule has 0 aliphatic carbocycles. The quantitative estimate of drug-likeness (QED) is 0.777. The molecule has 2 unspecified atom stereocenters. The fourth-order valence-corrected chi connectivity index (χ4v) is 2.31. The molecule has 3 rings (SSSR count). The average Bonchev–Trinajstić information content (AvgIpc) is 2.82. The van der Waals surface area contributed by atoms with Gasteiger partial charge in [0.15, 0.2) is 0 Å². The summed E-state index contributed by atoms with van der Waals surface area (Å²) in [6.07, 6.45) is 1.39. The lowest BCUT2D eigenvalue weighted by Crippen LogP contribution is -2.30. The molecule has 2 heterocycles. The first-order valence-electron chi connectivity index (χ1n) is 6.37. The molecule has 5 nitrogen and oxygen atoms in total. The highest BCUT2D eigenvalue weighted by Crippen LogP contribution is 2.21. The van der Waals surface area contributed by atoms with Crippen LogP contribution in [0.15, 0.2) is 24.5 Å². The summed E-state index contributed by atoms with van der Waals surface area (Å²) in [6.45, 7) is 3.82. The second-order valence-corrected chi connectivity index (χ2v) is 4.81. The van der Waals surface area contributed by atoms with Crippen LogP contribution in [-0.4, -0.2) is 29.1 Å². The summed E-state index contributed by atoms with van der Waals surface area (Å²) in [7, 11) is 0. The number of hydrogen-bond acceptors (Lipinski definition) is 5. The van der Waals surface area contributed by atoms with E-state index < -0.39 is 0 Å². The SMILES string of the molecule is CC1NNCC1CNc1ncnc2c(F)cccc12. The maximum absolute atomic E-state index is 13.6. The molecule has 0 bridgehead atoms. The van der Waals surface area contributed by atoms with Crippen molar-refractivity contribution < 1.29 is 4.39 Å². The van der Waals surface area contributed by atoms with E-state index >= 15 is 0 Å². The van der Waals surface area contributed by atoms with Gasteiger partial charge in [-0.25, -0.2) is 14.4 Å². The molecule has 1 aromatic heterocycles. The normalized spacial score (nSPS) is 22.8. The number of para-hydroxylation sites is 1. The van der Waals surface area contributed by atoms with Gasteiger partial charge in [-0.3, -0.25) is 10.9 Å². The zero-order valence-electron chi connectivity index (χ0n) is 10.7. The van der Waals surface area contributed by atoms with Crippen molar-refractivity contribution >= 4 is 16.7 Å². The van der Waals surface area contributed by atoms with Crippen LogP contribution in [0.2, 0.25) is 0 Å². The van der Waals surface area contributed by atoms with Crippen molar-refractivity contribution in [3.05, 3.63) is 30.3 Å². The molecule has 0 spiro atoms. The van der Waals surface area contributed by atoms with Crippen molar-refractivity contribution in [1.29, 1.82) is 0 Å². The van der Waals surface area contributed by atoms with Gasteiger partial charge in [0.1, 0.15) is 23.5 Å². The lowest BCUT2D eigenvalue weighted by Gasteiger charge is -2.15. The molecule has 19 heavy (non-hydrogen) atoms. The van der Waals surface area contributed by atoms with Gasteiger partial charge in [0.25, 0.3) is 0 Å². The summed E-state index contributed by atoms with van der Waals surface area (Å²) < 4.78 is 13.6. The zero-order chi connectivity index (χ0) is 13.2. The Balaban J connectivity index is 1.83. The molecule has 0 amide bonds. The van der Waals surface area contributed by atoms with Gasteiger partial charge in [0.2, 0.25) is 0 Å². The average molecular weight is 261 g/mol. The van der Waals surface area contributed by atoms with Crippen LogP contribution in [0.1, 0.15) is 6.92 Å². The van der Waals surface area contributed by atoms with E-state index in [9.17, 15) is 4.39 Å². The third-order valence-corrected chi connectivity index (χ3v) is 3.55. The molecular formula is C13H16FN5. The molecule has 100 valence electrons. The Morgan fingerprint density at radius 3 is 3.11 bits per heavy atom. The van der Waals surface area contributed by atoms with E-state index in [4.69, 9.17) is 0 Å². The van der Waals surface area contributed by atoms with E-state index in [0.29, 0.717) is 28.7 Å². The fourth-order valence-electron chi connectivity index (χ4n) is 2.31. The van der Waals surface area contributed by atoms with Crippen LogP contribution in [0.3, 0.4) is 0 Å². The van der Waals surface area contributed by atoms with E-state index in [1.807, 2.05) is 6.07 Å². The minimum atomic E-state index is -0.319. The summed E-state index contributed by atoms with van der Waals surface area (Å²) in [5.74, 6) is 0.836. The Morgan fingerprint density at radius 1 is 1.42 bits per heavy atom. The highest BCUT2D eigenvalue weighted by Gasteiger charge is 2.22. The molecule has 2 atom stereocenters.